The van der Waals surface area contributed by atoms with Gasteiger partial charge in [-0.2, -0.15) is 0 Å². The molecule has 1 atom stereocenters. The lowest BCUT2D eigenvalue weighted by molar-refractivity contribution is -0.895. The van der Waals surface area contributed by atoms with Gasteiger partial charge < -0.3 is 15.1 Å². The molecule has 1 aromatic carbocycles. The summed E-state index contributed by atoms with van der Waals surface area (Å²) in [4.78, 5) is 27.8. The maximum atomic E-state index is 12.4. The van der Waals surface area contributed by atoms with E-state index in [9.17, 15) is 18.0 Å². The highest BCUT2D eigenvalue weighted by Gasteiger charge is 2.32. The topological polar surface area (TPSA) is 88.0 Å². The highest BCUT2D eigenvalue weighted by molar-refractivity contribution is 7.91. The summed E-state index contributed by atoms with van der Waals surface area (Å²) in [5, 5.41) is 3.00. The predicted octanol–water partition coefficient (Wildman–Crippen LogP) is -0.261. The number of anilines is 1. The van der Waals surface area contributed by atoms with E-state index in [2.05, 4.69) is 12.2 Å². The number of sulfone groups is 1. The number of nitrogens with one attached hydrogen (secondary N) is 2. The van der Waals surface area contributed by atoms with Crippen LogP contribution < -0.4 is 10.2 Å². The van der Waals surface area contributed by atoms with Crippen molar-refractivity contribution < 1.29 is 22.9 Å². The minimum atomic E-state index is -2.94. The normalized spacial score (nSPS) is 22.2. The Hall–Kier alpha value is -1.93. The van der Waals surface area contributed by atoms with E-state index in [-0.39, 0.29) is 29.2 Å². The van der Waals surface area contributed by atoms with Gasteiger partial charge in [0, 0.05) is 12.1 Å². The van der Waals surface area contributed by atoms with Crippen LogP contribution in [-0.4, -0.2) is 69.4 Å². The average Bonchev–Trinajstić information content (AvgIpc) is 3.01. The van der Waals surface area contributed by atoms with Crippen LogP contribution >= 0.6 is 0 Å². The van der Waals surface area contributed by atoms with Crippen LogP contribution in [0.3, 0.4) is 0 Å². The molecule has 8 heteroatoms. The van der Waals surface area contributed by atoms with Crippen LogP contribution in [0.2, 0.25) is 0 Å². The van der Waals surface area contributed by atoms with Crippen LogP contribution in [0.15, 0.2) is 24.3 Å². The third-order valence-electron chi connectivity index (χ3n) is 5.70. The summed E-state index contributed by atoms with van der Waals surface area (Å²) in [6.07, 6.45) is 1.79. The summed E-state index contributed by atoms with van der Waals surface area (Å²) in [7, 11) is -2.94. The molecule has 0 saturated carbocycles. The predicted molar refractivity (Wildman–Crippen MR) is 108 cm³/mol. The van der Waals surface area contributed by atoms with E-state index in [0.717, 1.165) is 30.8 Å². The van der Waals surface area contributed by atoms with Crippen LogP contribution in [-0.2, 0) is 25.8 Å². The molecule has 0 unspecified atom stereocenters. The lowest BCUT2D eigenvalue weighted by atomic mass is 10.0. The number of hydrogen-bond acceptors (Lipinski definition) is 4. The maximum Gasteiger partial charge on any atom is 0.279 e. The third kappa shape index (κ3) is 5.54. The molecule has 2 amide bonds. The molecule has 0 radical (unpaired) electrons. The molecule has 28 heavy (non-hydrogen) atoms. The number of quaternary nitrogens is 1. The lowest BCUT2D eigenvalue weighted by Gasteiger charge is -2.32. The summed E-state index contributed by atoms with van der Waals surface area (Å²) >= 11 is 0. The van der Waals surface area contributed by atoms with Crippen LogP contribution in [0.4, 0.5) is 5.69 Å². The van der Waals surface area contributed by atoms with Crippen LogP contribution in [0.1, 0.15) is 25.3 Å². The molecule has 0 spiro atoms. The molecule has 0 bridgehead atoms. The molecule has 2 saturated heterocycles. The van der Waals surface area contributed by atoms with Gasteiger partial charge in [0.2, 0.25) is 5.91 Å². The molecule has 2 aliphatic heterocycles. The van der Waals surface area contributed by atoms with Crippen molar-refractivity contribution in [2.24, 2.45) is 5.92 Å². The van der Waals surface area contributed by atoms with Gasteiger partial charge in [-0.05, 0) is 30.4 Å². The van der Waals surface area contributed by atoms with Gasteiger partial charge in [-0.15, -0.1) is 0 Å². The van der Waals surface area contributed by atoms with E-state index < -0.39 is 9.84 Å². The second kappa shape index (κ2) is 9.05. The molecular weight excluding hydrogens is 378 g/mol. The molecule has 154 valence electrons. The molecule has 2 aliphatic rings. The molecule has 0 aromatic heterocycles. The van der Waals surface area contributed by atoms with Crippen molar-refractivity contribution in [2.75, 3.05) is 49.5 Å². The number of para-hydroxylation sites is 1. The lowest BCUT2D eigenvalue weighted by Crippen LogP contribution is -3.15. The monoisotopic (exact) mass is 408 g/mol. The first-order chi connectivity index (χ1) is 13.4. The zero-order valence-electron chi connectivity index (χ0n) is 16.4. The average molecular weight is 409 g/mol. The smallest absolute Gasteiger partial charge is 0.279 e. The Morgan fingerprint density at radius 1 is 1.21 bits per heavy atom. The second-order valence-electron chi connectivity index (χ2n) is 7.84. The minimum Gasteiger partial charge on any atom is -0.331 e. The van der Waals surface area contributed by atoms with E-state index >= 15 is 0 Å². The fraction of sp³-hybridized carbons (Fsp3) is 0.600. The van der Waals surface area contributed by atoms with Gasteiger partial charge in [-0.3, -0.25) is 9.59 Å². The Labute approximate surface area is 167 Å². The van der Waals surface area contributed by atoms with Crippen LogP contribution in [0, 0.1) is 5.92 Å². The Morgan fingerprint density at radius 2 is 1.93 bits per heavy atom. The highest BCUT2D eigenvalue weighted by atomic mass is 32.2. The summed E-state index contributed by atoms with van der Waals surface area (Å²) in [6.45, 7) is 5.16. The fourth-order valence-electron chi connectivity index (χ4n) is 4.03. The van der Waals surface area contributed by atoms with Crippen molar-refractivity contribution in [3.8, 4) is 0 Å². The Morgan fingerprint density at radius 3 is 2.57 bits per heavy atom. The molecule has 7 nitrogen and oxygen atoms in total. The molecule has 2 fully saturated rings. The SMILES string of the molecule is CCc1ccccc1NC(=O)C[NH+]1CCN(C(=O)C[C@@H]2CCS(=O)(=O)C2)CC1. The van der Waals surface area contributed by atoms with E-state index in [1.807, 2.05) is 29.2 Å². The van der Waals surface area contributed by atoms with E-state index in [1.165, 1.54) is 4.90 Å². The fourth-order valence-corrected chi connectivity index (χ4v) is 5.89. The molecule has 0 aliphatic carbocycles. The number of carbonyl (C=O) groups excluding carboxylic acids is 2. The second-order valence-corrected chi connectivity index (χ2v) is 10.1. The number of hydrogen-bond donors (Lipinski definition) is 2. The summed E-state index contributed by atoms with van der Waals surface area (Å²) in [5.41, 5.74) is 1.99. The molecule has 2 heterocycles. The Balaban J connectivity index is 1.42. The van der Waals surface area contributed by atoms with Gasteiger partial charge in [0.05, 0.1) is 37.7 Å². The number of nitrogens with zero attached hydrogens (tertiary/aromatic N) is 1. The summed E-state index contributed by atoms with van der Waals surface area (Å²) in [6, 6.07) is 7.83. The van der Waals surface area contributed by atoms with Gasteiger partial charge in [0.1, 0.15) is 0 Å². The van der Waals surface area contributed by atoms with Crippen molar-refractivity contribution in [3.05, 3.63) is 29.8 Å². The minimum absolute atomic E-state index is 0.00756. The molecule has 2 N–H and O–H groups in total. The van der Waals surface area contributed by atoms with Crippen LogP contribution in [0.5, 0.6) is 0 Å². The van der Waals surface area contributed by atoms with E-state index in [4.69, 9.17) is 0 Å². The zero-order valence-corrected chi connectivity index (χ0v) is 17.3. The van der Waals surface area contributed by atoms with Crippen molar-refractivity contribution in [1.29, 1.82) is 0 Å². The van der Waals surface area contributed by atoms with Crippen molar-refractivity contribution in [3.63, 3.8) is 0 Å². The first kappa shape index (κ1) is 20.8. The number of benzene rings is 1. The van der Waals surface area contributed by atoms with E-state index in [0.29, 0.717) is 32.5 Å². The quantitative estimate of drug-likeness (QED) is 0.679. The summed E-state index contributed by atoms with van der Waals surface area (Å²) in [5.74, 6) is 0.351. The Bertz CT molecular complexity index is 816. The van der Waals surface area contributed by atoms with Gasteiger partial charge >= 0.3 is 0 Å². The largest absolute Gasteiger partial charge is 0.331 e. The maximum absolute atomic E-state index is 12.4. The van der Waals surface area contributed by atoms with Gasteiger partial charge in [-0.25, -0.2) is 8.42 Å². The summed E-state index contributed by atoms with van der Waals surface area (Å²) < 4.78 is 23.1. The number of rotatable bonds is 6. The zero-order chi connectivity index (χ0) is 20.1. The van der Waals surface area contributed by atoms with Gasteiger partial charge in [-0.1, -0.05) is 25.1 Å². The Kier molecular flexibility index (Phi) is 6.72. The standard InChI is InChI=1S/C20H29N3O4S/c1-2-17-5-3-4-6-18(17)21-19(24)14-22-8-10-23(11-9-22)20(25)13-16-7-12-28(26,27)15-16/h3-6,16H,2,7-15H2,1H3,(H,21,24)/p+1/t16-/m0/s1. The molecular formula is C20H30N3O4S+. The molecule has 3 rings (SSSR count). The highest BCUT2D eigenvalue weighted by Crippen LogP contribution is 2.22. The third-order valence-corrected chi connectivity index (χ3v) is 7.53. The number of carbonyl (C=O) groups is 2. The first-order valence-corrected chi connectivity index (χ1v) is 11.9. The van der Waals surface area contributed by atoms with Gasteiger partial charge in [0.25, 0.3) is 5.91 Å². The molecule has 1 aromatic rings. The van der Waals surface area contributed by atoms with Crippen molar-refractivity contribution in [1.82, 2.24) is 4.90 Å². The van der Waals surface area contributed by atoms with Gasteiger partial charge in [0.15, 0.2) is 16.4 Å². The van der Waals surface area contributed by atoms with Crippen molar-refractivity contribution >= 4 is 27.3 Å². The number of piperazine rings is 1. The number of aryl methyl sites for hydroxylation is 1. The van der Waals surface area contributed by atoms with Crippen molar-refractivity contribution in [2.45, 2.75) is 26.2 Å². The number of amides is 2. The first-order valence-electron chi connectivity index (χ1n) is 10.1. The van der Waals surface area contributed by atoms with Crippen LogP contribution in [0.25, 0.3) is 0 Å². The van der Waals surface area contributed by atoms with E-state index in [1.54, 1.807) is 0 Å².